The number of hydrazine groups is 1. The van der Waals surface area contributed by atoms with E-state index in [0.29, 0.717) is 5.75 Å². The van der Waals surface area contributed by atoms with Crippen LogP contribution in [0.2, 0.25) is 0 Å². The van der Waals surface area contributed by atoms with Crippen molar-refractivity contribution < 1.29 is 24.2 Å². The predicted molar refractivity (Wildman–Crippen MR) is 83.8 cm³/mol. The van der Waals surface area contributed by atoms with E-state index in [4.69, 9.17) is 9.84 Å². The third-order valence-electron chi connectivity index (χ3n) is 3.28. The minimum atomic E-state index is -0.961. The van der Waals surface area contributed by atoms with Crippen LogP contribution >= 0.6 is 0 Å². The number of rotatable bonds is 7. The molecule has 1 rings (SSSR count). The first-order valence-corrected chi connectivity index (χ1v) is 7.34. The van der Waals surface area contributed by atoms with E-state index in [1.54, 1.807) is 13.0 Å². The van der Waals surface area contributed by atoms with Crippen molar-refractivity contribution in [1.29, 1.82) is 0 Å². The van der Waals surface area contributed by atoms with Crippen molar-refractivity contribution in [3.05, 3.63) is 29.3 Å². The molecule has 0 fully saturated rings. The number of amides is 2. The lowest BCUT2D eigenvalue weighted by Crippen LogP contribution is -2.47. The first-order chi connectivity index (χ1) is 10.8. The topological polar surface area (TPSA) is 105 Å². The molecule has 7 nitrogen and oxygen atoms in total. The number of benzene rings is 1. The zero-order valence-electron chi connectivity index (χ0n) is 13.5. The lowest BCUT2D eigenvalue weighted by atomic mass is 10.1. The number of aryl methyl sites for hydroxylation is 2. The van der Waals surface area contributed by atoms with Crippen LogP contribution in [0.4, 0.5) is 0 Å². The van der Waals surface area contributed by atoms with Gasteiger partial charge >= 0.3 is 5.97 Å². The molecule has 3 N–H and O–H groups in total. The molecule has 0 saturated carbocycles. The van der Waals surface area contributed by atoms with E-state index in [9.17, 15) is 14.4 Å². The second kappa shape index (κ2) is 8.77. The normalized spacial score (nSPS) is 11.4. The highest BCUT2D eigenvalue weighted by Crippen LogP contribution is 2.17. The van der Waals surface area contributed by atoms with Gasteiger partial charge in [-0.05, 0) is 50.5 Å². The molecule has 0 aliphatic heterocycles. The molecule has 0 aliphatic rings. The summed E-state index contributed by atoms with van der Waals surface area (Å²) >= 11 is 0. The average molecular weight is 322 g/mol. The van der Waals surface area contributed by atoms with E-state index >= 15 is 0 Å². The number of hydrogen-bond acceptors (Lipinski definition) is 4. The lowest BCUT2D eigenvalue weighted by molar-refractivity contribution is -0.137. The molecule has 126 valence electrons. The number of carboxylic acid groups (broad SMARTS) is 1. The standard InChI is InChI=1S/C16H22N2O5/c1-10-7-8-13(9-11(10)2)23-12(3)16(22)18-17-14(19)5-4-6-15(20)21/h7-9,12H,4-6H2,1-3H3,(H,17,19)(H,18,22)(H,20,21)/t12-/m0/s1. The van der Waals surface area contributed by atoms with Crippen LogP contribution in [-0.2, 0) is 14.4 Å². The van der Waals surface area contributed by atoms with Crippen molar-refractivity contribution in [2.45, 2.75) is 46.1 Å². The Morgan fingerprint density at radius 2 is 1.83 bits per heavy atom. The SMILES string of the molecule is Cc1ccc(O[C@@H](C)C(=O)NNC(=O)CCCC(=O)O)cc1C. The molecule has 0 aliphatic carbocycles. The Morgan fingerprint density at radius 1 is 1.13 bits per heavy atom. The van der Waals surface area contributed by atoms with Crippen molar-refractivity contribution in [2.75, 3.05) is 0 Å². The Labute approximate surface area is 135 Å². The second-order valence-electron chi connectivity index (χ2n) is 5.29. The maximum absolute atomic E-state index is 11.8. The number of carboxylic acids is 1. The maximum Gasteiger partial charge on any atom is 0.303 e. The predicted octanol–water partition coefficient (Wildman–Crippen LogP) is 1.47. The van der Waals surface area contributed by atoms with Gasteiger partial charge in [0.2, 0.25) is 5.91 Å². The molecular formula is C16H22N2O5. The first kappa shape index (κ1) is 18.5. The van der Waals surface area contributed by atoms with Crippen LogP contribution in [0.5, 0.6) is 5.75 Å². The third kappa shape index (κ3) is 6.82. The first-order valence-electron chi connectivity index (χ1n) is 7.34. The van der Waals surface area contributed by atoms with Gasteiger partial charge in [0.1, 0.15) is 5.75 Å². The number of nitrogens with one attached hydrogen (secondary N) is 2. The molecule has 1 aromatic rings. The Kier molecular flexibility index (Phi) is 7.05. The molecule has 1 atom stereocenters. The molecule has 0 radical (unpaired) electrons. The highest BCUT2D eigenvalue weighted by Gasteiger charge is 2.15. The Balaban J connectivity index is 2.37. The van der Waals surface area contributed by atoms with Crippen molar-refractivity contribution in [3.63, 3.8) is 0 Å². The molecule has 0 heterocycles. The van der Waals surface area contributed by atoms with E-state index in [0.717, 1.165) is 11.1 Å². The summed E-state index contributed by atoms with van der Waals surface area (Å²) in [6, 6.07) is 5.51. The van der Waals surface area contributed by atoms with Crippen LogP contribution in [0.15, 0.2) is 18.2 Å². The number of aliphatic carboxylic acids is 1. The zero-order chi connectivity index (χ0) is 17.4. The zero-order valence-corrected chi connectivity index (χ0v) is 13.5. The summed E-state index contributed by atoms with van der Waals surface area (Å²) in [5.74, 6) is -1.33. The molecular weight excluding hydrogens is 300 g/mol. The maximum atomic E-state index is 11.8. The fourth-order valence-corrected chi connectivity index (χ4v) is 1.74. The Morgan fingerprint density at radius 3 is 2.43 bits per heavy atom. The van der Waals surface area contributed by atoms with Crippen molar-refractivity contribution >= 4 is 17.8 Å². The highest BCUT2D eigenvalue weighted by molar-refractivity contribution is 5.84. The van der Waals surface area contributed by atoms with Crippen molar-refractivity contribution in [2.24, 2.45) is 0 Å². The summed E-state index contributed by atoms with van der Waals surface area (Å²) in [6.07, 6.45) is -0.630. The number of carbonyl (C=O) groups excluding carboxylic acids is 2. The summed E-state index contributed by atoms with van der Waals surface area (Å²) in [4.78, 5) is 33.6. The van der Waals surface area contributed by atoms with E-state index < -0.39 is 23.9 Å². The number of ether oxygens (including phenoxy) is 1. The second-order valence-corrected chi connectivity index (χ2v) is 5.29. The van der Waals surface area contributed by atoms with Gasteiger partial charge in [0.15, 0.2) is 6.10 Å². The van der Waals surface area contributed by atoms with Crippen molar-refractivity contribution in [3.8, 4) is 5.75 Å². The van der Waals surface area contributed by atoms with Gasteiger partial charge < -0.3 is 9.84 Å². The molecule has 0 saturated heterocycles. The Bertz CT molecular complexity index is 586. The fourth-order valence-electron chi connectivity index (χ4n) is 1.74. The number of carbonyl (C=O) groups is 3. The monoisotopic (exact) mass is 322 g/mol. The van der Waals surface area contributed by atoms with E-state index in [1.807, 2.05) is 26.0 Å². The summed E-state index contributed by atoms with van der Waals surface area (Å²) in [5.41, 5.74) is 6.67. The minimum absolute atomic E-state index is 0.0268. The van der Waals surface area contributed by atoms with Gasteiger partial charge in [0, 0.05) is 12.8 Å². The molecule has 0 bridgehead atoms. The minimum Gasteiger partial charge on any atom is -0.481 e. The van der Waals surface area contributed by atoms with Crippen LogP contribution in [0.1, 0.15) is 37.3 Å². The summed E-state index contributed by atoms with van der Waals surface area (Å²) in [7, 11) is 0. The smallest absolute Gasteiger partial charge is 0.303 e. The molecule has 7 heteroatoms. The molecule has 2 amide bonds. The summed E-state index contributed by atoms with van der Waals surface area (Å²) in [5, 5.41) is 8.48. The molecule has 1 aromatic carbocycles. The number of hydrogen-bond donors (Lipinski definition) is 3. The molecule has 23 heavy (non-hydrogen) atoms. The summed E-state index contributed by atoms with van der Waals surface area (Å²) in [6.45, 7) is 5.50. The molecule has 0 unspecified atom stereocenters. The average Bonchev–Trinajstić information content (AvgIpc) is 2.48. The highest BCUT2D eigenvalue weighted by atomic mass is 16.5. The largest absolute Gasteiger partial charge is 0.481 e. The van der Waals surface area contributed by atoms with Gasteiger partial charge in [-0.25, -0.2) is 0 Å². The van der Waals surface area contributed by atoms with Crippen LogP contribution in [0.25, 0.3) is 0 Å². The summed E-state index contributed by atoms with van der Waals surface area (Å²) < 4.78 is 5.52. The molecule has 0 aromatic heterocycles. The van der Waals surface area contributed by atoms with Crippen LogP contribution in [0, 0.1) is 13.8 Å². The quantitative estimate of drug-likeness (QED) is 0.659. The Hall–Kier alpha value is -2.57. The van der Waals surface area contributed by atoms with Crippen molar-refractivity contribution in [1.82, 2.24) is 10.9 Å². The van der Waals surface area contributed by atoms with Crippen LogP contribution < -0.4 is 15.6 Å². The van der Waals surface area contributed by atoms with Crippen LogP contribution in [-0.4, -0.2) is 29.0 Å². The molecule has 0 spiro atoms. The van der Waals surface area contributed by atoms with Gasteiger partial charge in [-0.1, -0.05) is 6.07 Å². The van der Waals surface area contributed by atoms with Gasteiger partial charge in [-0.3, -0.25) is 25.2 Å². The van der Waals surface area contributed by atoms with Gasteiger partial charge in [-0.15, -0.1) is 0 Å². The third-order valence-corrected chi connectivity index (χ3v) is 3.28. The van der Waals surface area contributed by atoms with E-state index in [2.05, 4.69) is 10.9 Å². The van der Waals surface area contributed by atoms with Gasteiger partial charge in [0.25, 0.3) is 5.91 Å². The van der Waals surface area contributed by atoms with Crippen LogP contribution in [0.3, 0.4) is 0 Å². The fraction of sp³-hybridized carbons (Fsp3) is 0.438. The lowest BCUT2D eigenvalue weighted by Gasteiger charge is -2.16. The van der Waals surface area contributed by atoms with Gasteiger partial charge in [-0.2, -0.15) is 0 Å². The van der Waals surface area contributed by atoms with E-state index in [1.165, 1.54) is 0 Å². The van der Waals surface area contributed by atoms with E-state index in [-0.39, 0.29) is 19.3 Å². The van der Waals surface area contributed by atoms with Gasteiger partial charge in [0.05, 0.1) is 0 Å².